The second-order valence-electron chi connectivity index (χ2n) is 7.91. The van der Waals surface area contributed by atoms with Crippen LogP contribution in [0.2, 0.25) is 0 Å². The third-order valence-electron chi connectivity index (χ3n) is 6.58. The average Bonchev–Trinajstić information content (AvgIpc) is 2.97. The molecule has 0 spiro atoms. The molecular weight excluding hydrogens is 318 g/mol. The Kier molecular flexibility index (Phi) is 6.99. The summed E-state index contributed by atoms with van der Waals surface area (Å²) < 4.78 is 0. The van der Waals surface area contributed by atoms with Gasteiger partial charge >= 0.3 is 0 Å². The summed E-state index contributed by atoms with van der Waals surface area (Å²) in [5.41, 5.74) is 4.67. The molecule has 26 heavy (non-hydrogen) atoms. The van der Waals surface area contributed by atoms with Gasteiger partial charge in [-0.1, -0.05) is 40.2 Å². The van der Waals surface area contributed by atoms with Crippen LogP contribution in [0.4, 0.5) is 5.69 Å². The number of nitrogens with zero attached hydrogens (tertiary/aromatic N) is 2. The fourth-order valence-electron chi connectivity index (χ4n) is 5.19. The maximum absolute atomic E-state index is 3.71. The van der Waals surface area contributed by atoms with E-state index in [1.807, 2.05) is 13.8 Å². The zero-order valence-electron chi connectivity index (χ0n) is 17.4. The molecular formula is C23H39N3. The van der Waals surface area contributed by atoms with Crippen LogP contribution in [0.5, 0.6) is 0 Å². The van der Waals surface area contributed by atoms with E-state index < -0.39 is 0 Å². The highest BCUT2D eigenvalue weighted by atomic mass is 15.3. The summed E-state index contributed by atoms with van der Waals surface area (Å²) in [5.74, 6) is 0.816. The summed E-state index contributed by atoms with van der Waals surface area (Å²) in [7, 11) is 0. The van der Waals surface area contributed by atoms with Crippen LogP contribution < -0.4 is 10.2 Å². The molecule has 4 rings (SSSR count). The summed E-state index contributed by atoms with van der Waals surface area (Å²) >= 11 is 0. The molecule has 2 heterocycles. The Morgan fingerprint density at radius 2 is 1.85 bits per heavy atom. The third kappa shape index (κ3) is 3.94. The van der Waals surface area contributed by atoms with Gasteiger partial charge in [0.15, 0.2) is 0 Å². The van der Waals surface area contributed by atoms with Crippen molar-refractivity contribution in [3.05, 3.63) is 29.3 Å². The molecule has 2 bridgehead atoms. The van der Waals surface area contributed by atoms with Gasteiger partial charge in [-0.15, -0.1) is 0 Å². The molecule has 3 heteroatoms. The van der Waals surface area contributed by atoms with Crippen LogP contribution in [0.15, 0.2) is 18.2 Å². The smallest absolute Gasteiger partial charge is 0.0370 e. The van der Waals surface area contributed by atoms with Crippen LogP contribution in [-0.2, 0) is 0 Å². The van der Waals surface area contributed by atoms with Crippen molar-refractivity contribution >= 4 is 5.69 Å². The number of rotatable bonds is 5. The number of anilines is 1. The van der Waals surface area contributed by atoms with E-state index in [9.17, 15) is 0 Å². The molecule has 0 amide bonds. The molecule has 3 nitrogen and oxygen atoms in total. The Hall–Kier alpha value is -1.06. The van der Waals surface area contributed by atoms with E-state index in [-0.39, 0.29) is 0 Å². The van der Waals surface area contributed by atoms with Crippen LogP contribution in [0.1, 0.15) is 82.9 Å². The van der Waals surface area contributed by atoms with Crippen LogP contribution >= 0.6 is 0 Å². The minimum Gasteiger partial charge on any atom is -0.369 e. The molecule has 0 saturated carbocycles. The Morgan fingerprint density at radius 1 is 1.08 bits per heavy atom. The number of benzene rings is 1. The van der Waals surface area contributed by atoms with Crippen LogP contribution in [0, 0.1) is 0 Å². The van der Waals surface area contributed by atoms with E-state index in [1.165, 1.54) is 70.5 Å². The monoisotopic (exact) mass is 357 g/mol. The lowest BCUT2D eigenvalue weighted by molar-refractivity contribution is 0.170. The summed E-state index contributed by atoms with van der Waals surface area (Å²) in [4.78, 5) is 5.33. The molecule has 0 radical (unpaired) electrons. The largest absolute Gasteiger partial charge is 0.369 e. The molecule has 2 fully saturated rings. The van der Waals surface area contributed by atoms with Crippen molar-refractivity contribution in [1.29, 1.82) is 0 Å². The summed E-state index contributed by atoms with van der Waals surface area (Å²) in [6, 6.07) is 8.73. The van der Waals surface area contributed by atoms with Gasteiger partial charge < -0.3 is 10.2 Å². The minimum absolute atomic E-state index is 0.619. The lowest BCUT2D eigenvalue weighted by Gasteiger charge is -2.40. The Morgan fingerprint density at radius 3 is 2.54 bits per heavy atom. The van der Waals surface area contributed by atoms with E-state index in [0.29, 0.717) is 6.04 Å². The van der Waals surface area contributed by atoms with Crippen molar-refractivity contribution in [3.63, 3.8) is 0 Å². The summed E-state index contributed by atoms with van der Waals surface area (Å²) in [5, 5.41) is 3.71. The molecule has 2 saturated heterocycles. The van der Waals surface area contributed by atoms with Crippen molar-refractivity contribution in [2.45, 2.75) is 77.8 Å². The topological polar surface area (TPSA) is 18.5 Å². The van der Waals surface area contributed by atoms with Gasteiger partial charge in [0, 0.05) is 44.0 Å². The first-order valence-electron chi connectivity index (χ1n) is 11.2. The van der Waals surface area contributed by atoms with Gasteiger partial charge in [0.05, 0.1) is 0 Å². The molecule has 3 atom stereocenters. The molecule has 1 N–H and O–H groups in total. The van der Waals surface area contributed by atoms with Crippen LogP contribution in [0.3, 0.4) is 0 Å². The maximum Gasteiger partial charge on any atom is 0.0370 e. The third-order valence-corrected chi connectivity index (χ3v) is 6.58. The van der Waals surface area contributed by atoms with Gasteiger partial charge in [-0.3, -0.25) is 4.90 Å². The fourth-order valence-corrected chi connectivity index (χ4v) is 5.19. The number of hydrogen-bond acceptors (Lipinski definition) is 3. The minimum atomic E-state index is 0.619. The van der Waals surface area contributed by atoms with E-state index in [0.717, 1.165) is 12.0 Å². The fraction of sp³-hybridized carbons (Fsp3) is 0.739. The van der Waals surface area contributed by atoms with E-state index in [4.69, 9.17) is 0 Å². The predicted molar refractivity (Wildman–Crippen MR) is 113 cm³/mol. The van der Waals surface area contributed by atoms with E-state index >= 15 is 0 Å². The van der Waals surface area contributed by atoms with Crippen LogP contribution in [0.25, 0.3) is 0 Å². The van der Waals surface area contributed by atoms with E-state index in [1.54, 1.807) is 11.1 Å². The normalized spacial score (nSPS) is 26.1. The first-order chi connectivity index (χ1) is 12.8. The maximum atomic E-state index is 3.71. The standard InChI is InChI=1S/C21H33N3.C2H6/c1-3-5-17(4-2)23-10-12-24(13-11-23)18-6-7-19-16-8-9-22-21(14-16)20(19)15-18;1-2/h6-7,15-17,21-22H,3-5,8-14H2,1-2H3;1-2H3. The molecule has 1 aromatic carbocycles. The molecule has 2 aliphatic heterocycles. The molecule has 3 unspecified atom stereocenters. The van der Waals surface area contributed by atoms with Gasteiger partial charge in [0.1, 0.15) is 0 Å². The number of piperidine rings is 1. The molecule has 146 valence electrons. The lowest BCUT2D eigenvalue weighted by atomic mass is 9.96. The predicted octanol–water partition coefficient (Wildman–Crippen LogP) is 4.94. The second-order valence-corrected chi connectivity index (χ2v) is 7.91. The van der Waals surface area contributed by atoms with Crippen molar-refractivity contribution < 1.29 is 0 Å². The average molecular weight is 358 g/mol. The highest BCUT2D eigenvalue weighted by Crippen LogP contribution is 2.45. The Labute approximate surface area is 161 Å². The SMILES string of the molecule is CC.CCCC(CC)N1CCN(c2ccc3c(c2)C2CC3CCN2)CC1. The second kappa shape index (κ2) is 9.23. The Balaban J connectivity index is 0.000000948. The molecule has 1 aromatic rings. The van der Waals surface area contributed by atoms with Crippen molar-refractivity contribution in [2.75, 3.05) is 37.6 Å². The summed E-state index contributed by atoms with van der Waals surface area (Å²) in [6.07, 6.45) is 6.59. The van der Waals surface area contributed by atoms with Gasteiger partial charge in [-0.2, -0.15) is 0 Å². The zero-order valence-corrected chi connectivity index (χ0v) is 17.4. The number of fused-ring (bicyclic) bond motifs is 5. The van der Waals surface area contributed by atoms with Crippen molar-refractivity contribution in [2.24, 2.45) is 0 Å². The van der Waals surface area contributed by atoms with Gasteiger partial charge in [-0.25, -0.2) is 0 Å². The van der Waals surface area contributed by atoms with E-state index in [2.05, 4.69) is 47.2 Å². The highest BCUT2D eigenvalue weighted by molar-refractivity contribution is 5.55. The number of nitrogens with one attached hydrogen (secondary N) is 1. The van der Waals surface area contributed by atoms with Gasteiger partial charge in [0.2, 0.25) is 0 Å². The lowest BCUT2D eigenvalue weighted by Crippen LogP contribution is -2.50. The zero-order chi connectivity index (χ0) is 18.5. The highest BCUT2D eigenvalue weighted by Gasteiger charge is 2.34. The Bertz CT molecular complexity index is 563. The van der Waals surface area contributed by atoms with Crippen molar-refractivity contribution in [1.82, 2.24) is 10.2 Å². The molecule has 3 aliphatic rings. The number of piperazine rings is 1. The van der Waals surface area contributed by atoms with Crippen molar-refractivity contribution in [3.8, 4) is 0 Å². The molecule has 0 aromatic heterocycles. The van der Waals surface area contributed by atoms with Gasteiger partial charge in [0.25, 0.3) is 0 Å². The number of hydrogen-bond donors (Lipinski definition) is 1. The van der Waals surface area contributed by atoms with Gasteiger partial charge in [-0.05, 0) is 61.4 Å². The molecule has 1 aliphatic carbocycles. The first-order valence-corrected chi connectivity index (χ1v) is 11.2. The van der Waals surface area contributed by atoms with Crippen LogP contribution in [-0.4, -0.2) is 43.7 Å². The quantitative estimate of drug-likeness (QED) is 0.805. The summed E-state index contributed by atoms with van der Waals surface area (Å²) in [6.45, 7) is 14.7. The first kappa shape index (κ1) is 19.7.